The second-order valence-corrected chi connectivity index (χ2v) is 6.56. The van der Waals surface area contributed by atoms with E-state index in [1.165, 1.54) is 12.1 Å². The van der Waals surface area contributed by atoms with Crippen LogP contribution in [0.3, 0.4) is 0 Å². The summed E-state index contributed by atoms with van der Waals surface area (Å²) in [7, 11) is 0. The number of hydrogen-bond donors (Lipinski definition) is 0. The van der Waals surface area contributed by atoms with Crippen molar-refractivity contribution >= 4 is 5.69 Å². The Morgan fingerprint density at radius 1 is 1.33 bits per heavy atom. The van der Waals surface area contributed by atoms with E-state index in [0.717, 1.165) is 45.9 Å². The van der Waals surface area contributed by atoms with Crippen LogP contribution in [0.4, 0.5) is 5.69 Å². The Balaban J connectivity index is 1.45. The lowest BCUT2D eigenvalue weighted by Gasteiger charge is -2.34. The molecule has 2 atom stereocenters. The third-order valence-electron chi connectivity index (χ3n) is 4.87. The molecule has 2 fully saturated rings. The van der Waals surface area contributed by atoms with E-state index in [-0.39, 0.29) is 5.69 Å². The first kappa shape index (κ1) is 17.1. The lowest BCUT2D eigenvalue weighted by Crippen LogP contribution is -2.46. The van der Waals surface area contributed by atoms with Gasteiger partial charge in [0.2, 0.25) is 0 Å². The fourth-order valence-electron chi connectivity index (χ4n) is 3.59. The van der Waals surface area contributed by atoms with Gasteiger partial charge in [0, 0.05) is 44.8 Å². The highest BCUT2D eigenvalue weighted by molar-refractivity contribution is 5.37. The van der Waals surface area contributed by atoms with Gasteiger partial charge < -0.3 is 9.47 Å². The second kappa shape index (κ2) is 7.92. The van der Waals surface area contributed by atoms with Gasteiger partial charge in [-0.2, -0.15) is 0 Å². The summed E-state index contributed by atoms with van der Waals surface area (Å²) in [4.78, 5) is 15.3. The van der Waals surface area contributed by atoms with Gasteiger partial charge in [-0.05, 0) is 12.0 Å². The van der Waals surface area contributed by atoms with Crippen molar-refractivity contribution < 1.29 is 14.4 Å². The molecule has 0 saturated carbocycles. The van der Waals surface area contributed by atoms with Crippen LogP contribution in [0, 0.1) is 16.0 Å². The Kier molecular flexibility index (Phi) is 5.65. The third-order valence-corrected chi connectivity index (χ3v) is 4.87. The molecule has 0 bridgehead atoms. The molecular formula is C17H25N3O4. The summed E-state index contributed by atoms with van der Waals surface area (Å²) in [6.07, 6.45) is 0. The second-order valence-electron chi connectivity index (χ2n) is 6.56. The first-order chi connectivity index (χ1) is 11.6. The first-order valence-corrected chi connectivity index (χ1v) is 8.55. The molecule has 1 aromatic rings. The van der Waals surface area contributed by atoms with Gasteiger partial charge >= 0.3 is 0 Å². The Morgan fingerprint density at radius 3 is 2.88 bits per heavy atom. The average Bonchev–Trinajstić information content (AvgIpc) is 2.96. The molecule has 0 N–H and O–H groups in total. The topological polar surface area (TPSA) is 68.1 Å². The molecule has 0 aliphatic carbocycles. The SMILES string of the molecule is C[C@H]1CN(CCOc2cccc([N+](=O)[O-])c2)C[C@H]1N1CCOCC1. The molecule has 2 saturated heterocycles. The predicted molar refractivity (Wildman–Crippen MR) is 90.4 cm³/mol. The summed E-state index contributed by atoms with van der Waals surface area (Å²) < 4.78 is 11.1. The van der Waals surface area contributed by atoms with Gasteiger partial charge in [0.15, 0.2) is 0 Å². The molecule has 2 aliphatic rings. The molecule has 24 heavy (non-hydrogen) atoms. The molecule has 0 unspecified atom stereocenters. The number of nitrogens with zero attached hydrogens (tertiary/aromatic N) is 3. The zero-order valence-electron chi connectivity index (χ0n) is 14.1. The van der Waals surface area contributed by atoms with Crippen molar-refractivity contribution in [2.45, 2.75) is 13.0 Å². The van der Waals surface area contributed by atoms with Crippen LogP contribution < -0.4 is 4.74 Å². The van der Waals surface area contributed by atoms with Crippen LogP contribution in [0.2, 0.25) is 0 Å². The van der Waals surface area contributed by atoms with Crippen molar-refractivity contribution in [1.29, 1.82) is 0 Å². The smallest absolute Gasteiger partial charge is 0.273 e. The zero-order chi connectivity index (χ0) is 16.9. The fraction of sp³-hybridized carbons (Fsp3) is 0.647. The Hall–Kier alpha value is -1.70. The van der Waals surface area contributed by atoms with E-state index in [1.54, 1.807) is 12.1 Å². The van der Waals surface area contributed by atoms with E-state index in [2.05, 4.69) is 16.7 Å². The Morgan fingerprint density at radius 2 is 2.12 bits per heavy atom. The normalized spacial score (nSPS) is 25.7. The Labute approximate surface area is 142 Å². The van der Waals surface area contributed by atoms with Crippen molar-refractivity contribution in [3.8, 4) is 5.75 Å². The lowest BCUT2D eigenvalue weighted by molar-refractivity contribution is -0.384. The van der Waals surface area contributed by atoms with Gasteiger partial charge in [-0.15, -0.1) is 0 Å². The monoisotopic (exact) mass is 335 g/mol. The highest BCUT2D eigenvalue weighted by Gasteiger charge is 2.34. The highest BCUT2D eigenvalue weighted by Crippen LogP contribution is 2.23. The largest absolute Gasteiger partial charge is 0.492 e. The molecule has 3 rings (SSSR count). The van der Waals surface area contributed by atoms with Crippen molar-refractivity contribution in [1.82, 2.24) is 9.80 Å². The van der Waals surface area contributed by atoms with Crippen molar-refractivity contribution in [3.63, 3.8) is 0 Å². The van der Waals surface area contributed by atoms with Gasteiger partial charge in [0.1, 0.15) is 12.4 Å². The van der Waals surface area contributed by atoms with E-state index in [1.807, 2.05) is 0 Å². The summed E-state index contributed by atoms with van der Waals surface area (Å²) in [5.74, 6) is 1.20. The summed E-state index contributed by atoms with van der Waals surface area (Å²) in [5, 5.41) is 10.8. The summed E-state index contributed by atoms with van der Waals surface area (Å²) in [5.41, 5.74) is 0.0645. The van der Waals surface area contributed by atoms with Crippen LogP contribution in [-0.4, -0.2) is 73.3 Å². The number of likely N-dealkylation sites (tertiary alicyclic amines) is 1. The molecule has 2 aliphatic heterocycles. The maximum Gasteiger partial charge on any atom is 0.273 e. The molecule has 7 nitrogen and oxygen atoms in total. The number of rotatable bonds is 6. The molecule has 2 heterocycles. The number of nitro benzene ring substituents is 1. The average molecular weight is 335 g/mol. The number of benzene rings is 1. The van der Waals surface area contributed by atoms with Crippen LogP contribution in [-0.2, 0) is 4.74 Å². The Bertz CT molecular complexity index is 563. The number of nitro groups is 1. The molecule has 1 aromatic carbocycles. The van der Waals surface area contributed by atoms with Gasteiger partial charge in [-0.1, -0.05) is 13.0 Å². The molecule has 0 amide bonds. The number of ether oxygens (including phenoxy) is 2. The molecule has 0 spiro atoms. The quantitative estimate of drug-likeness (QED) is 0.581. The molecule has 7 heteroatoms. The van der Waals surface area contributed by atoms with Gasteiger partial charge in [0.25, 0.3) is 5.69 Å². The van der Waals surface area contributed by atoms with Crippen molar-refractivity contribution in [3.05, 3.63) is 34.4 Å². The minimum absolute atomic E-state index is 0.0645. The maximum atomic E-state index is 10.8. The molecule has 0 radical (unpaired) electrons. The van der Waals surface area contributed by atoms with Gasteiger partial charge in [0.05, 0.1) is 24.2 Å². The number of hydrogen-bond acceptors (Lipinski definition) is 6. The van der Waals surface area contributed by atoms with E-state index in [0.29, 0.717) is 24.3 Å². The zero-order valence-corrected chi connectivity index (χ0v) is 14.1. The molecular weight excluding hydrogens is 310 g/mol. The number of morpholine rings is 1. The first-order valence-electron chi connectivity index (χ1n) is 8.55. The standard InChI is InChI=1S/C17H25N3O4/c1-14-12-18(13-17(14)19-6-8-23-9-7-19)5-10-24-16-4-2-3-15(11-16)20(21)22/h2-4,11,14,17H,5-10,12-13H2,1H3/t14-,17+/m0/s1. The fourth-order valence-corrected chi connectivity index (χ4v) is 3.59. The highest BCUT2D eigenvalue weighted by atomic mass is 16.6. The van der Waals surface area contributed by atoms with Crippen LogP contribution >= 0.6 is 0 Å². The minimum atomic E-state index is -0.401. The van der Waals surface area contributed by atoms with E-state index >= 15 is 0 Å². The van der Waals surface area contributed by atoms with Crippen molar-refractivity contribution in [2.24, 2.45) is 5.92 Å². The van der Waals surface area contributed by atoms with Crippen LogP contribution in [0.5, 0.6) is 5.75 Å². The molecule has 132 valence electrons. The van der Waals surface area contributed by atoms with Crippen LogP contribution in [0.25, 0.3) is 0 Å². The number of non-ortho nitro benzene ring substituents is 1. The van der Waals surface area contributed by atoms with E-state index in [4.69, 9.17) is 9.47 Å². The maximum absolute atomic E-state index is 10.8. The summed E-state index contributed by atoms with van der Waals surface area (Å²) in [6.45, 7) is 9.53. The summed E-state index contributed by atoms with van der Waals surface area (Å²) in [6, 6.07) is 6.95. The van der Waals surface area contributed by atoms with Crippen LogP contribution in [0.15, 0.2) is 24.3 Å². The van der Waals surface area contributed by atoms with E-state index in [9.17, 15) is 10.1 Å². The third kappa shape index (κ3) is 4.23. The molecule has 0 aromatic heterocycles. The summed E-state index contributed by atoms with van der Waals surface area (Å²) >= 11 is 0. The van der Waals surface area contributed by atoms with Gasteiger partial charge in [-0.25, -0.2) is 0 Å². The predicted octanol–water partition coefficient (Wildman–Crippen LogP) is 1.63. The van der Waals surface area contributed by atoms with Crippen LogP contribution in [0.1, 0.15) is 6.92 Å². The van der Waals surface area contributed by atoms with E-state index < -0.39 is 4.92 Å². The van der Waals surface area contributed by atoms with Crippen molar-refractivity contribution in [2.75, 3.05) is 52.5 Å². The minimum Gasteiger partial charge on any atom is -0.492 e. The van der Waals surface area contributed by atoms with Gasteiger partial charge in [-0.3, -0.25) is 19.9 Å². The lowest BCUT2D eigenvalue weighted by atomic mass is 10.0.